The number of Topliss-reactive ketones (excluding diaryl/α,β-unsaturated/α-hetero) is 1. The molecule has 1 aliphatic rings. The van der Waals surface area contributed by atoms with Crippen molar-refractivity contribution in [2.24, 2.45) is 0 Å². The van der Waals surface area contributed by atoms with Gasteiger partial charge in [-0.15, -0.1) is 0 Å². The van der Waals surface area contributed by atoms with E-state index in [2.05, 4.69) is 0 Å². The van der Waals surface area contributed by atoms with Crippen molar-refractivity contribution in [1.82, 2.24) is 0 Å². The highest BCUT2D eigenvalue weighted by atomic mass is 35.5. The molecule has 0 saturated heterocycles. The molecule has 33 heavy (non-hydrogen) atoms. The molecule has 0 aliphatic carbocycles. The number of fused-ring (bicyclic) bond motifs is 2. The number of hydrogen-bond donors (Lipinski definition) is 1. The van der Waals surface area contributed by atoms with Crippen LogP contribution in [0.25, 0.3) is 10.8 Å². The molecule has 0 fully saturated rings. The Morgan fingerprint density at radius 3 is 2.45 bits per heavy atom. The fourth-order valence-corrected chi connectivity index (χ4v) is 4.81. The molecule has 5 rings (SSSR count). The number of benzene rings is 4. The average Bonchev–Trinajstić information content (AvgIpc) is 3.01. The molecule has 6 heteroatoms. The maximum atomic E-state index is 13.6. The molecule has 0 radical (unpaired) electrons. The van der Waals surface area contributed by atoms with Crippen molar-refractivity contribution < 1.29 is 14.7 Å². The van der Waals surface area contributed by atoms with Gasteiger partial charge in [0.1, 0.15) is 0 Å². The maximum absolute atomic E-state index is 13.6. The zero-order valence-electron chi connectivity index (χ0n) is 17.5. The topological polar surface area (TPSA) is 57.6 Å². The highest BCUT2D eigenvalue weighted by Gasteiger charge is 2.51. The lowest BCUT2D eigenvalue weighted by atomic mass is 9.87. The second-order valence-corrected chi connectivity index (χ2v) is 8.97. The van der Waals surface area contributed by atoms with Gasteiger partial charge in [-0.3, -0.25) is 9.59 Å². The molecule has 0 bridgehead atoms. The van der Waals surface area contributed by atoms with Crippen molar-refractivity contribution in [1.29, 1.82) is 0 Å². The standard InChI is InChI=1S/C27H19Cl2NO3/c28-19-12-13-24-22(14-19)27(33,26(32)30(24)16-18-7-2-4-11-23(18)29)15-25(31)21-10-5-8-17-6-1-3-9-20(17)21/h1-14,33H,15-16H2/t27-/m1/s1. The van der Waals surface area contributed by atoms with Gasteiger partial charge in [0.15, 0.2) is 11.4 Å². The van der Waals surface area contributed by atoms with E-state index in [0.29, 0.717) is 26.9 Å². The number of carbonyl (C=O) groups is 2. The Hall–Kier alpha value is -3.18. The molecular weight excluding hydrogens is 457 g/mol. The lowest BCUT2D eigenvalue weighted by Gasteiger charge is -2.23. The number of ketones is 1. The maximum Gasteiger partial charge on any atom is 0.264 e. The summed E-state index contributed by atoms with van der Waals surface area (Å²) >= 11 is 12.5. The Labute approximate surface area is 201 Å². The molecular formula is C27H19Cl2NO3. The normalized spacial score (nSPS) is 17.4. The number of nitrogens with zero attached hydrogens (tertiary/aromatic N) is 1. The van der Waals surface area contributed by atoms with Crippen LogP contribution in [0, 0.1) is 0 Å². The number of aliphatic hydroxyl groups is 1. The first-order valence-electron chi connectivity index (χ1n) is 10.5. The van der Waals surface area contributed by atoms with Gasteiger partial charge in [-0.25, -0.2) is 0 Å². The Kier molecular flexibility index (Phi) is 5.45. The van der Waals surface area contributed by atoms with Crippen molar-refractivity contribution in [3.8, 4) is 0 Å². The van der Waals surface area contributed by atoms with E-state index >= 15 is 0 Å². The van der Waals surface area contributed by atoms with Gasteiger partial charge in [-0.05, 0) is 40.6 Å². The first kappa shape index (κ1) is 21.7. The predicted octanol–water partition coefficient (Wildman–Crippen LogP) is 6.15. The SMILES string of the molecule is O=C(C[C@]1(O)C(=O)N(Cc2ccccc2Cl)c2ccc(Cl)cc21)c1cccc2ccccc12. The molecule has 4 nitrogen and oxygen atoms in total. The smallest absolute Gasteiger partial charge is 0.264 e. The first-order valence-corrected chi connectivity index (χ1v) is 11.2. The van der Waals surface area contributed by atoms with Gasteiger partial charge in [0, 0.05) is 21.2 Å². The van der Waals surface area contributed by atoms with Crippen LogP contribution < -0.4 is 4.90 Å². The first-order chi connectivity index (χ1) is 15.9. The Morgan fingerprint density at radius 1 is 0.909 bits per heavy atom. The van der Waals surface area contributed by atoms with Crippen LogP contribution in [0.5, 0.6) is 0 Å². The van der Waals surface area contributed by atoms with Crippen LogP contribution in [0.1, 0.15) is 27.9 Å². The van der Waals surface area contributed by atoms with Crippen molar-refractivity contribution in [2.75, 3.05) is 4.90 Å². The van der Waals surface area contributed by atoms with Crippen molar-refractivity contribution >= 4 is 51.4 Å². The number of amides is 1. The summed E-state index contributed by atoms with van der Waals surface area (Å²) in [6.45, 7) is 0.165. The minimum absolute atomic E-state index is 0.165. The van der Waals surface area contributed by atoms with Crippen molar-refractivity contribution in [2.45, 2.75) is 18.6 Å². The van der Waals surface area contributed by atoms with Crippen LogP contribution in [-0.2, 0) is 16.9 Å². The third-order valence-corrected chi connectivity index (χ3v) is 6.69. The summed E-state index contributed by atoms with van der Waals surface area (Å²) in [5.74, 6) is -0.901. The Balaban J connectivity index is 1.55. The molecule has 0 spiro atoms. The predicted molar refractivity (Wildman–Crippen MR) is 131 cm³/mol. The summed E-state index contributed by atoms with van der Waals surface area (Å²) in [6, 6.07) is 25.1. The minimum atomic E-state index is -2.03. The summed E-state index contributed by atoms with van der Waals surface area (Å²) in [5, 5.41) is 14.2. The van der Waals surface area contributed by atoms with E-state index in [1.807, 2.05) is 48.5 Å². The van der Waals surface area contributed by atoms with E-state index in [1.165, 1.54) is 4.90 Å². The van der Waals surface area contributed by atoms with E-state index in [1.54, 1.807) is 36.4 Å². The van der Waals surface area contributed by atoms with Gasteiger partial charge >= 0.3 is 0 Å². The fraction of sp³-hybridized carbons (Fsp3) is 0.111. The summed E-state index contributed by atoms with van der Waals surface area (Å²) < 4.78 is 0. The zero-order valence-corrected chi connectivity index (χ0v) is 19.0. The summed E-state index contributed by atoms with van der Waals surface area (Å²) in [6.07, 6.45) is -0.397. The van der Waals surface area contributed by atoms with Gasteiger partial charge in [0.2, 0.25) is 0 Å². The average molecular weight is 476 g/mol. The largest absolute Gasteiger partial charge is 0.375 e. The van der Waals surface area contributed by atoms with Crippen LogP contribution >= 0.6 is 23.2 Å². The molecule has 4 aromatic carbocycles. The molecule has 1 heterocycles. The van der Waals surface area contributed by atoms with Crippen molar-refractivity contribution in [3.05, 3.63) is 112 Å². The number of carbonyl (C=O) groups excluding carboxylic acids is 2. The van der Waals surface area contributed by atoms with E-state index < -0.39 is 17.9 Å². The van der Waals surface area contributed by atoms with Crippen LogP contribution in [0.4, 0.5) is 5.69 Å². The molecule has 1 aliphatic heterocycles. The zero-order chi connectivity index (χ0) is 23.2. The van der Waals surface area contributed by atoms with Gasteiger partial charge in [-0.1, -0.05) is 83.9 Å². The second kappa shape index (κ2) is 8.31. The summed E-state index contributed by atoms with van der Waals surface area (Å²) in [7, 11) is 0. The molecule has 164 valence electrons. The number of halogens is 2. The summed E-state index contributed by atoms with van der Waals surface area (Å²) in [4.78, 5) is 28.4. The van der Waals surface area contributed by atoms with Crippen LogP contribution in [0.15, 0.2) is 84.9 Å². The van der Waals surface area contributed by atoms with Crippen LogP contribution in [0.2, 0.25) is 10.0 Å². The quantitative estimate of drug-likeness (QED) is 0.352. The fourth-order valence-electron chi connectivity index (χ4n) is 4.44. The molecule has 1 N–H and O–H groups in total. The van der Waals surface area contributed by atoms with E-state index in [9.17, 15) is 14.7 Å². The lowest BCUT2D eigenvalue weighted by molar-refractivity contribution is -0.136. The number of hydrogen-bond acceptors (Lipinski definition) is 3. The Morgan fingerprint density at radius 2 is 1.64 bits per heavy atom. The number of anilines is 1. The van der Waals surface area contributed by atoms with Gasteiger partial charge in [-0.2, -0.15) is 0 Å². The highest BCUT2D eigenvalue weighted by molar-refractivity contribution is 6.31. The third-order valence-electron chi connectivity index (χ3n) is 6.09. The molecule has 0 saturated carbocycles. The van der Waals surface area contributed by atoms with E-state index in [0.717, 1.165) is 16.3 Å². The van der Waals surface area contributed by atoms with Crippen LogP contribution in [-0.4, -0.2) is 16.8 Å². The molecule has 0 unspecified atom stereocenters. The molecule has 1 atom stereocenters. The highest BCUT2D eigenvalue weighted by Crippen LogP contribution is 2.45. The van der Waals surface area contributed by atoms with Gasteiger partial charge < -0.3 is 10.0 Å². The van der Waals surface area contributed by atoms with Gasteiger partial charge in [0.05, 0.1) is 18.7 Å². The molecule has 4 aromatic rings. The minimum Gasteiger partial charge on any atom is -0.375 e. The molecule has 0 aromatic heterocycles. The van der Waals surface area contributed by atoms with Crippen LogP contribution in [0.3, 0.4) is 0 Å². The van der Waals surface area contributed by atoms with E-state index in [-0.39, 0.29) is 12.3 Å². The summed E-state index contributed by atoms with van der Waals surface area (Å²) in [5.41, 5.74) is -0.00567. The van der Waals surface area contributed by atoms with E-state index in [4.69, 9.17) is 23.2 Å². The Bertz CT molecular complexity index is 1410. The second-order valence-electron chi connectivity index (χ2n) is 8.13. The third kappa shape index (κ3) is 3.70. The number of rotatable bonds is 5. The lowest BCUT2D eigenvalue weighted by Crippen LogP contribution is -2.41. The monoisotopic (exact) mass is 475 g/mol. The molecule has 1 amide bonds. The van der Waals surface area contributed by atoms with Crippen molar-refractivity contribution in [3.63, 3.8) is 0 Å². The van der Waals surface area contributed by atoms with Gasteiger partial charge in [0.25, 0.3) is 5.91 Å².